The van der Waals surface area contributed by atoms with E-state index in [4.69, 9.17) is 0 Å². The van der Waals surface area contributed by atoms with Crippen molar-refractivity contribution in [2.45, 2.75) is 0 Å². The summed E-state index contributed by atoms with van der Waals surface area (Å²) in [5, 5.41) is 0. The number of rotatable bonds is 2. The molecule has 0 heterocycles. The van der Waals surface area contributed by atoms with Gasteiger partial charge in [0, 0.05) is 0 Å². The Kier molecular flexibility index (Phi) is 5.00. The van der Waals surface area contributed by atoms with Crippen LogP contribution in [0.15, 0.2) is 60.7 Å². The van der Waals surface area contributed by atoms with Crippen molar-refractivity contribution in [3.63, 3.8) is 0 Å². The van der Waals surface area contributed by atoms with Crippen molar-refractivity contribution in [2.75, 3.05) is 0 Å². The average molecular weight is 336 g/mol. The molecule has 0 bridgehead atoms. The summed E-state index contributed by atoms with van der Waals surface area (Å²) in [4.78, 5) is 0. The van der Waals surface area contributed by atoms with Crippen LogP contribution in [0.5, 0.6) is 0 Å². The van der Waals surface area contributed by atoms with Crippen molar-refractivity contribution in [3.05, 3.63) is 60.7 Å². The van der Waals surface area contributed by atoms with E-state index in [0.717, 1.165) is 0 Å². The summed E-state index contributed by atoms with van der Waals surface area (Å²) in [6.07, 6.45) is 0. The van der Waals surface area contributed by atoms with Gasteiger partial charge in [0.05, 0.1) is 0 Å². The SMILES string of the molecule is [Na][SeH]=[Se](c1ccccc1)c1ccccc1. The summed E-state index contributed by atoms with van der Waals surface area (Å²) in [6.45, 7) is 0. The summed E-state index contributed by atoms with van der Waals surface area (Å²) in [5.74, 6) is 0. The van der Waals surface area contributed by atoms with Gasteiger partial charge in [0.2, 0.25) is 0 Å². The number of hydrogen-bond acceptors (Lipinski definition) is 0. The van der Waals surface area contributed by atoms with Crippen molar-refractivity contribution >= 4 is 54.0 Å². The van der Waals surface area contributed by atoms with Crippen LogP contribution in [0.1, 0.15) is 0 Å². The van der Waals surface area contributed by atoms with Gasteiger partial charge in [-0.25, -0.2) is 0 Å². The van der Waals surface area contributed by atoms with Crippen molar-refractivity contribution in [3.8, 4) is 0 Å². The third-order valence-corrected chi connectivity index (χ3v) is 24.3. The molecule has 0 amide bonds. The molecule has 2 aromatic carbocycles. The van der Waals surface area contributed by atoms with Gasteiger partial charge in [-0.1, -0.05) is 0 Å². The maximum atomic E-state index is 2.31. The molecule has 2 aromatic rings. The molecule has 0 N–H and O–H groups in total. The Hall–Kier alpha value is 0.479. The van der Waals surface area contributed by atoms with E-state index in [1.807, 2.05) is 0 Å². The van der Waals surface area contributed by atoms with E-state index < -0.39 is 11.5 Å². The van der Waals surface area contributed by atoms with Crippen molar-refractivity contribution in [1.82, 2.24) is 0 Å². The molecule has 0 aliphatic carbocycles. The Balaban J connectivity index is 2.44. The van der Waals surface area contributed by atoms with Gasteiger partial charge in [0.15, 0.2) is 0 Å². The fourth-order valence-electron chi connectivity index (χ4n) is 1.45. The normalized spacial score (nSPS) is 10.6. The van der Waals surface area contributed by atoms with Gasteiger partial charge in [-0.05, 0) is 0 Å². The zero-order chi connectivity index (χ0) is 10.5. The topological polar surface area (TPSA) is 0 Å². The fraction of sp³-hybridized carbons (Fsp3) is 0. The molecular weight excluding hydrogens is 325 g/mol. The summed E-state index contributed by atoms with van der Waals surface area (Å²) in [5.41, 5.74) is 0. The molecule has 2 rings (SSSR count). The monoisotopic (exact) mass is 338 g/mol. The first-order valence-corrected chi connectivity index (χ1v) is 17.8. The molecule has 0 spiro atoms. The van der Waals surface area contributed by atoms with Crippen LogP contribution in [0.2, 0.25) is 0 Å². The van der Waals surface area contributed by atoms with Crippen LogP contribution in [-0.2, 0) is 0 Å². The van der Waals surface area contributed by atoms with E-state index in [2.05, 4.69) is 60.7 Å². The number of hydrogen-bond donors (Lipinski definition) is 0. The first kappa shape index (κ1) is 11.9. The number of benzene rings is 2. The quantitative estimate of drug-likeness (QED) is 0.693. The first-order chi connectivity index (χ1) is 7.42. The van der Waals surface area contributed by atoms with Crippen LogP contribution < -0.4 is 8.92 Å². The molecule has 0 aromatic heterocycles. The van der Waals surface area contributed by atoms with E-state index >= 15 is 0 Å². The van der Waals surface area contributed by atoms with Gasteiger partial charge in [0.1, 0.15) is 0 Å². The molecule has 0 unspecified atom stereocenters. The maximum absolute atomic E-state index is 2.31. The molecule has 3 heteroatoms. The molecule has 0 fully saturated rings. The zero-order valence-corrected chi connectivity index (χ0v) is 14.2. The second-order valence-electron chi connectivity index (χ2n) is 3.09. The second-order valence-corrected chi connectivity index (χ2v) is 24.9. The van der Waals surface area contributed by atoms with Crippen LogP contribution in [0.25, 0.3) is 0 Å². The van der Waals surface area contributed by atoms with Gasteiger partial charge in [-0.15, -0.1) is 0 Å². The molecule has 0 saturated heterocycles. The van der Waals surface area contributed by atoms with Crippen LogP contribution >= 0.6 is 0 Å². The minimum atomic E-state index is -0.628. The third-order valence-electron chi connectivity index (χ3n) is 2.12. The van der Waals surface area contributed by atoms with Crippen LogP contribution in [0.4, 0.5) is 0 Å². The van der Waals surface area contributed by atoms with Crippen LogP contribution in [-0.4, -0.2) is 45.1 Å². The predicted octanol–water partition coefficient (Wildman–Crippen LogP) is 0.312. The summed E-state index contributed by atoms with van der Waals surface area (Å²) < 4.78 is 3.22. The van der Waals surface area contributed by atoms with Crippen molar-refractivity contribution < 1.29 is 0 Å². The first-order valence-electron chi connectivity index (χ1n) is 4.86. The van der Waals surface area contributed by atoms with Gasteiger partial charge in [-0.3, -0.25) is 0 Å². The summed E-state index contributed by atoms with van der Waals surface area (Å²) in [6, 6.07) is 22.2. The van der Waals surface area contributed by atoms with Crippen molar-refractivity contribution in [2.24, 2.45) is 0 Å². The van der Waals surface area contributed by atoms with E-state index in [1.54, 1.807) is 8.92 Å². The third kappa shape index (κ3) is 3.22. The molecule has 0 aliphatic heterocycles. The van der Waals surface area contributed by atoms with Crippen molar-refractivity contribution in [1.29, 1.82) is 0 Å². The molecule has 15 heavy (non-hydrogen) atoms. The van der Waals surface area contributed by atoms with E-state index in [-0.39, 0.29) is 0 Å². The van der Waals surface area contributed by atoms with E-state index in [0.29, 0.717) is 8.15 Å². The molecule has 0 atom stereocenters. The Morgan fingerprint density at radius 2 is 1.13 bits per heavy atom. The fourth-order valence-corrected chi connectivity index (χ4v) is 23.3. The van der Waals surface area contributed by atoms with E-state index in [1.165, 1.54) is 25.4 Å². The van der Waals surface area contributed by atoms with Crippen LogP contribution in [0.3, 0.4) is 0 Å². The molecule has 0 aliphatic rings. The van der Waals surface area contributed by atoms with Crippen LogP contribution in [0, 0.1) is 0 Å². The molecular formula is C12H11NaSe2. The molecule has 0 nitrogen and oxygen atoms in total. The Morgan fingerprint density at radius 1 is 0.733 bits per heavy atom. The summed E-state index contributed by atoms with van der Waals surface area (Å²) in [7, 11) is 0.590. The average Bonchev–Trinajstić information content (AvgIpc) is 2.33. The predicted molar refractivity (Wildman–Crippen MR) is 70.8 cm³/mol. The second kappa shape index (κ2) is 6.27. The van der Waals surface area contributed by atoms with Gasteiger partial charge < -0.3 is 0 Å². The minimum absolute atomic E-state index is 0.590. The molecule has 0 saturated carbocycles. The Morgan fingerprint density at radius 3 is 1.47 bits per heavy atom. The summed E-state index contributed by atoms with van der Waals surface area (Å²) >= 11 is 0.763. The van der Waals surface area contributed by atoms with E-state index in [9.17, 15) is 0 Å². The molecule has 72 valence electrons. The van der Waals surface area contributed by atoms with Gasteiger partial charge >= 0.3 is 115 Å². The Labute approximate surface area is 113 Å². The van der Waals surface area contributed by atoms with Gasteiger partial charge in [0.25, 0.3) is 0 Å². The molecule has 0 radical (unpaired) electrons. The standard InChI is InChI=1S/C12H10Se2.Na/c13-14(11-7-3-1-4-8-11)12-9-5-2-6-10-12;/h1-10H;/q;-1/p+1. The zero-order valence-electron chi connectivity index (χ0n) is 8.63. The van der Waals surface area contributed by atoms with Gasteiger partial charge in [-0.2, -0.15) is 0 Å². The Bertz CT molecular complexity index is 410.